The molecule has 3 nitrogen and oxygen atoms in total. The molecule has 0 bridgehead atoms. The van der Waals surface area contributed by atoms with Crippen LogP contribution < -0.4 is 5.73 Å². The number of rotatable bonds is 3. The molecule has 66 valence electrons. The van der Waals surface area contributed by atoms with Gasteiger partial charge in [-0.25, -0.2) is 0 Å². The fourth-order valence-electron chi connectivity index (χ4n) is 1.68. The Morgan fingerprint density at radius 2 is 2.36 bits per heavy atom. The molecule has 0 spiro atoms. The maximum absolute atomic E-state index is 8.75. The van der Waals surface area contributed by atoms with Gasteiger partial charge in [-0.15, -0.1) is 0 Å². The lowest BCUT2D eigenvalue weighted by Gasteiger charge is -2.22. The van der Waals surface area contributed by atoms with Crippen LogP contribution in [0.5, 0.6) is 0 Å². The highest BCUT2D eigenvalue weighted by Crippen LogP contribution is 2.20. The molecule has 0 radical (unpaired) electrons. The van der Waals surface area contributed by atoms with E-state index < -0.39 is 0 Å². The number of likely N-dealkylation sites (tertiary alicyclic amines) is 1. The Morgan fingerprint density at radius 3 is 2.82 bits per heavy atom. The quantitative estimate of drug-likeness (QED) is 0.597. The van der Waals surface area contributed by atoms with Crippen molar-refractivity contribution in [1.82, 2.24) is 4.90 Å². The predicted molar refractivity (Wildman–Crippen MR) is 45.4 cm³/mol. The molecule has 0 aromatic heterocycles. The van der Waals surface area contributed by atoms with E-state index in [1.807, 2.05) is 0 Å². The Bertz CT molecular complexity index is 129. The molecule has 1 aliphatic heterocycles. The first kappa shape index (κ1) is 8.97. The van der Waals surface area contributed by atoms with Gasteiger partial charge in [-0.1, -0.05) is 6.92 Å². The molecule has 0 aromatic rings. The molecular formula is C8H18N2O. The van der Waals surface area contributed by atoms with Crippen molar-refractivity contribution >= 4 is 0 Å². The van der Waals surface area contributed by atoms with Gasteiger partial charge in [-0.2, -0.15) is 0 Å². The molecule has 3 N–H and O–H groups in total. The van der Waals surface area contributed by atoms with Gasteiger partial charge in [0.15, 0.2) is 0 Å². The summed E-state index contributed by atoms with van der Waals surface area (Å²) in [6.07, 6.45) is 1.77. The van der Waals surface area contributed by atoms with Crippen molar-refractivity contribution in [1.29, 1.82) is 0 Å². The second-order valence-corrected chi connectivity index (χ2v) is 3.45. The summed E-state index contributed by atoms with van der Waals surface area (Å²) in [4.78, 5) is 2.33. The van der Waals surface area contributed by atoms with Crippen molar-refractivity contribution in [2.45, 2.75) is 25.3 Å². The van der Waals surface area contributed by atoms with Crippen LogP contribution in [0.1, 0.15) is 19.8 Å². The highest BCUT2D eigenvalue weighted by molar-refractivity contribution is 4.93. The highest BCUT2D eigenvalue weighted by Gasteiger charge is 2.32. The first-order valence-corrected chi connectivity index (χ1v) is 4.32. The molecule has 1 aliphatic rings. The summed E-state index contributed by atoms with van der Waals surface area (Å²) in [5.41, 5.74) is 5.93. The molecule has 0 amide bonds. The van der Waals surface area contributed by atoms with E-state index in [0.29, 0.717) is 0 Å². The number of hydrogen-bond acceptors (Lipinski definition) is 3. The van der Waals surface area contributed by atoms with Gasteiger partial charge in [0.1, 0.15) is 0 Å². The maximum Gasteiger partial charge on any atom is 0.0449 e. The Kier molecular flexibility index (Phi) is 2.87. The van der Waals surface area contributed by atoms with Crippen LogP contribution in [-0.4, -0.2) is 41.8 Å². The minimum atomic E-state index is -0.106. The van der Waals surface area contributed by atoms with Gasteiger partial charge in [0.2, 0.25) is 0 Å². The molecule has 1 heterocycles. The average molecular weight is 158 g/mol. The molecule has 1 saturated heterocycles. The van der Waals surface area contributed by atoms with Crippen LogP contribution in [0.3, 0.4) is 0 Å². The topological polar surface area (TPSA) is 49.5 Å². The standard InChI is InChI=1S/C8H18N2O/c1-2-10-5-3-8(9,7-10)4-6-11/h11H,2-7,9H2,1H3. The van der Waals surface area contributed by atoms with Crippen molar-refractivity contribution in [3.63, 3.8) is 0 Å². The number of hydrogen-bond donors (Lipinski definition) is 2. The first-order chi connectivity index (χ1) is 5.20. The zero-order valence-electron chi connectivity index (χ0n) is 7.21. The Labute approximate surface area is 68.2 Å². The second kappa shape index (κ2) is 3.52. The van der Waals surface area contributed by atoms with E-state index in [-0.39, 0.29) is 12.1 Å². The monoisotopic (exact) mass is 158 g/mol. The summed E-state index contributed by atoms with van der Waals surface area (Å²) in [6.45, 7) is 5.47. The molecule has 1 rings (SSSR count). The van der Waals surface area contributed by atoms with Gasteiger partial charge in [-0.3, -0.25) is 0 Å². The number of nitrogens with zero attached hydrogens (tertiary/aromatic N) is 1. The molecule has 1 fully saturated rings. The Morgan fingerprint density at radius 1 is 1.64 bits per heavy atom. The van der Waals surface area contributed by atoms with Crippen LogP contribution in [0.15, 0.2) is 0 Å². The highest BCUT2D eigenvalue weighted by atomic mass is 16.3. The van der Waals surface area contributed by atoms with E-state index >= 15 is 0 Å². The summed E-state index contributed by atoms with van der Waals surface area (Å²) in [6, 6.07) is 0. The van der Waals surface area contributed by atoms with Gasteiger partial charge in [-0.05, 0) is 25.9 Å². The number of likely N-dealkylation sites (N-methyl/N-ethyl adjacent to an activating group) is 1. The molecule has 3 heteroatoms. The van der Waals surface area contributed by atoms with Crippen molar-refractivity contribution in [3.05, 3.63) is 0 Å². The van der Waals surface area contributed by atoms with Crippen molar-refractivity contribution in [2.24, 2.45) is 5.73 Å². The largest absolute Gasteiger partial charge is 0.396 e. The van der Waals surface area contributed by atoms with Crippen LogP contribution >= 0.6 is 0 Å². The summed E-state index contributed by atoms with van der Waals surface area (Å²) < 4.78 is 0. The summed E-state index contributed by atoms with van der Waals surface area (Å²) >= 11 is 0. The minimum absolute atomic E-state index is 0.106. The third-order valence-corrected chi connectivity index (χ3v) is 2.52. The second-order valence-electron chi connectivity index (χ2n) is 3.45. The lowest BCUT2D eigenvalue weighted by atomic mass is 9.96. The zero-order chi connectivity index (χ0) is 8.32. The van der Waals surface area contributed by atoms with Gasteiger partial charge in [0.05, 0.1) is 0 Å². The van der Waals surface area contributed by atoms with E-state index in [1.165, 1.54) is 0 Å². The molecular weight excluding hydrogens is 140 g/mol. The lowest BCUT2D eigenvalue weighted by Crippen LogP contribution is -2.43. The van der Waals surface area contributed by atoms with Crippen molar-refractivity contribution < 1.29 is 5.11 Å². The average Bonchev–Trinajstić information content (AvgIpc) is 2.33. The molecule has 0 aromatic carbocycles. The van der Waals surface area contributed by atoms with Gasteiger partial charge in [0, 0.05) is 18.7 Å². The van der Waals surface area contributed by atoms with E-state index in [9.17, 15) is 0 Å². The number of aliphatic hydroxyl groups is 1. The van der Waals surface area contributed by atoms with Gasteiger partial charge in [0.25, 0.3) is 0 Å². The number of nitrogens with two attached hydrogens (primary N) is 1. The maximum atomic E-state index is 8.75. The first-order valence-electron chi connectivity index (χ1n) is 4.32. The molecule has 0 saturated carbocycles. The SMILES string of the molecule is CCN1CCC(N)(CCO)C1. The Hall–Kier alpha value is -0.120. The van der Waals surface area contributed by atoms with E-state index in [2.05, 4.69) is 11.8 Å². The summed E-state index contributed by atoms with van der Waals surface area (Å²) in [5.74, 6) is 0. The van der Waals surface area contributed by atoms with Crippen LogP contribution in [-0.2, 0) is 0 Å². The van der Waals surface area contributed by atoms with Crippen molar-refractivity contribution in [2.75, 3.05) is 26.2 Å². The zero-order valence-corrected chi connectivity index (χ0v) is 7.21. The summed E-state index contributed by atoms with van der Waals surface area (Å²) in [5, 5.41) is 8.75. The minimum Gasteiger partial charge on any atom is -0.396 e. The number of aliphatic hydroxyl groups excluding tert-OH is 1. The lowest BCUT2D eigenvalue weighted by molar-refractivity contribution is 0.233. The van der Waals surface area contributed by atoms with Gasteiger partial charge >= 0.3 is 0 Å². The third kappa shape index (κ3) is 2.15. The molecule has 1 atom stereocenters. The smallest absolute Gasteiger partial charge is 0.0449 e. The van der Waals surface area contributed by atoms with Crippen LogP contribution in [0.4, 0.5) is 0 Å². The fourth-order valence-corrected chi connectivity index (χ4v) is 1.68. The Balaban J connectivity index is 2.37. The van der Waals surface area contributed by atoms with Crippen LogP contribution in [0.2, 0.25) is 0 Å². The third-order valence-electron chi connectivity index (χ3n) is 2.52. The van der Waals surface area contributed by atoms with E-state index in [4.69, 9.17) is 10.8 Å². The molecule has 11 heavy (non-hydrogen) atoms. The normalized spacial score (nSPS) is 33.0. The predicted octanol–water partition coefficient (Wildman–Crippen LogP) is -0.208. The molecule has 0 aliphatic carbocycles. The molecule has 1 unspecified atom stereocenters. The van der Waals surface area contributed by atoms with Crippen LogP contribution in [0, 0.1) is 0 Å². The van der Waals surface area contributed by atoms with Gasteiger partial charge < -0.3 is 15.7 Å². The fraction of sp³-hybridized carbons (Fsp3) is 1.00. The van der Waals surface area contributed by atoms with E-state index in [1.54, 1.807) is 0 Å². The van der Waals surface area contributed by atoms with Crippen LogP contribution in [0.25, 0.3) is 0 Å². The summed E-state index contributed by atoms with van der Waals surface area (Å²) in [7, 11) is 0. The van der Waals surface area contributed by atoms with Crippen molar-refractivity contribution in [3.8, 4) is 0 Å². The van der Waals surface area contributed by atoms with E-state index in [0.717, 1.165) is 32.5 Å².